The molecule has 13 heavy (non-hydrogen) atoms. The highest BCUT2D eigenvalue weighted by Gasteiger charge is 2.19. The zero-order valence-electron chi connectivity index (χ0n) is 9.85. The van der Waals surface area contributed by atoms with Gasteiger partial charge in [-0.05, 0) is 31.1 Å². The molecule has 3 heteroatoms. The number of hydrogen-bond donors (Lipinski definition) is 0. The molecule has 0 aliphatic carbocycles. The summed E-state index contributed by atoms with van der Waals surface area (Å²) in [4.78, 5) is 0. The van der Waals surface area contributed by atoms with Crippen LogP contribution < -0.4 is 0 Å². The topological polar surface area (TPSA) is 3.24 Å². The average molecular weight is 214 g/mol. The molecule has 0 aromatic rings. The lowest BCUT2D eigenvalue weighted by molar-refractivity contribution is 0.428. The summed E-state index contributed by atoms with van der Waals surface area (Å²) in [6, 6.07) is 0. The van der Waals surface area contributed by atoms with Gasteiger partial charge in [0.05, 0.1) is 0 Å². The van der Waals surface area contributed by atoms with Gasteiger partial charge in [-0.25, -0.2) is 0 Å². The van der Waals surface area contributed by atoms with E-state index in [2.05, 4.69) is 38.4 Å². The minimum absolute atomic E-state index is 0.236. The van der Waals surface area contributed by atoms with Gasteiger partial charge in [-0.1, -0.05) is 33.9 Å². The molecule has 0 aromatic carbocycles. The summed E-state index contributed by atoms with van der Waals surface area (Å²) in [5.41, 5.74) is 0. The quantitative estimate of drug-likeness (QED) is 0.589. The van der Waals surface area contributed by atoms with Crippen LogP contribution in [-0.4, -0.2) is 36.1 Å². The summed E-state index contributed by atoms with van der Waals surface area (Å²) >= 11 is 0. The molecule has 0 bridgehead atoms. The van der Waals surface area contributed by atoms with Crippen molar-refractivity contribution in [1.29, 1.82) is 0 Å². The van der Waals surface area contributed by atoms with Crippen LogP contribution in [0.4, 0.5) is 0 Å². The van der Waals surface area contributed by atoms with E-state index < -0.39 is 0 Å². The molecule has 0 heterocycles. The summed E-state index contributed by atoms with van der Waals surface area (Å²) < 4.78 is 2.74. The molecule has 0 rings (SSSR count). The molecule has 0 amide bonds. The van der Waals surface area contributed by atoms with E-state index in [1.54, 1.807) is 0 Å². The first-order valence-electron chi connectivity index (χ1n) is 5.42. The average Bonchev–Trinajstić information content (AvgIpc) is 2.15. The summed E-state index contributed by atoms with van der Waals surface area (Å²) in [5, 5.41) is 0.961. The van der Waals surface area contributed by atoms with Gasteiger partial charge in [-0.2, -0.15) is 0 Å². The lowest BCUT2D eigenvalue weighted by Gasteiger charge is -2.30. The third-order valence-corrected chi connectivity index (χ3v) is 8.23. The third-order valence-electron chi connectivity index (χ3n) is 2.55. The monoisotopic (exact) mass is 214 g/mol. The maximum absolute atomic E-state index is 2.74. The second-order valence-corrected chi connectivity index (χ2v) is 8.44. The highest BCUT2D eigenvalue weighted by Crippen LogP contribution is 2.12. The second-order valence-electron chi connectivity index (χ2n) is 3.64. The van der Waals surface area contributed by atoms with Crippen LogP contribution in [0.5, 0.6) is 0 Å². The minimum Gasteiger partial charge on any atom is -0.324 e. The Morgan fingerprint density at radius 2 is 1.69 bits per heavy atom. The Labute approximate surface area is 88.4 Å². The third kappa shape index (κ3) is 4.98. The van der Waals surface area contributed by atoms with Crippen molar-refractivity contribution in [3.05, 3.63) is 0 Å². The standard InChI is InChI=1S/C10H24NSi2/c1-6-8-11(9-7-2)13(5)10(3)12-4/h10H,6-9H2,1-5H3. The van der Waals surface area contributed by atoms with E-state index in [0.29, 0.717) is 0 Å². The van der Waals surface area contributed by atoms with Gasteiger partial charge in [-0.3, -0.25) is 0 Å². The largest absolute Gasteiger partial charge is 0.324 e. The maximum atomic E-state index is 2.74. The maximum Gasteiger partial charge on any atom is 0.132 e. The first-order valence-corrected chi connectivity index (χ1v) is 9.03. The van der Waals surface area contributed by atoms with Gasteiger partial charge >= 0.3 is 0 Å². The van der Waals surface area contributed by atoms with Crippen LogP contribution in [0.3, 0.4) is 0 Å². The fourth-order valence-electron chi connectivity index (χ4n) is 1.49. The Balaban J connectivity index is 4.00. The summed E-state index contributed by atoms with van der Waals surface area (Å²) in [5.74, 6) is 0. The zero-order chi connectivity index (χ0) is 10.3. The van der Waals surface area contributed by atoms with Gasteiger partial charge in [0.25, 0.3) is 0 Å². The van der Waals surface area contributed by atoms with E-state index in [0.717, 1.165) is 14.7 Å². The molecule has 0 aliphatic rings. The number of rotatable bonds is 7. The van der Waals surface area contributed by atoms with Gasteiger partial charge in [0.1, 0.15) is 8.96 Å². The molecule has 3 radical (unpaired) electrons. The van der Waals surface area contributed by atoms with Crippen LogP contribution in [0.25, 0.3) is 0 Å². The molecule has 1 unspecified atom stereocenters. The molecular formula is C10H24NSi2. The number of hydrogen-bond acceptors (Lipinski definition) is 1. The van der Waals surface area contributed by atoms with E-state index in [-0.39, 0.29) is 8.96 Å². The van der Waals surface area contributed by atoms with Gasteiger partial charge in [0, 0.05) is 9.52 Å². The number of nitrogens with zero attached hydrogens (tertiary/aromatic N) is 1. The van der Waals surface area contributed by atoms with Crippen molar-refractivity contribution in [3.63, 3.8) is 0 Å². The van der Waals surface area contributed by atoms with Crippen molar-refractivity contribution in [2.75, 3.05) is 13.1 Å². The molecule has 0 spiro atoms. The Morgan fingerprint density at radius 1 is 1.23 bits per heavy atom. The minimum atomic E-state index is -0.236. The lowest BCUT2D eigenvalue weighted by atomic mass is 10.4. The van der Waals surface area contributed by atoms with Crippen molar-refractivity contribution in [1.82, 2.24) is 4.57 Å². The summed E-state index contributed by atoms with van der Waals surface area (Å²) in [6.07, 6.45) is 2.61. The van der Waals surface area contributed by atoms with Crippen LogP contribution in [0.2, 0.25) is 18.3 Å². The van der Waals surface area contributed by atoms with Crippen LogP contribution >= 0.6 is 0 Å². The summed E-state index contributed by atoms with van der Waals surface area (Å²) in [6.45, 7) is 14.4. The zero-order valence-corrected chi connectivity index (χ0v) is 11.9. The second kappa shape index (κ2) is 7.77. The van der Waals surface area contributed by atoms with Crippen molar-refractivity contribution in [2.24, 2.45) is 0 Å². The fraction of sp³-hybridized carbons (Fsp3) is 1.00. The molecule has 0 fully saturated rings. The van der Waals surface area contributed by atoms with Crippen molar-refractivity contribution in [2.45, 2.75) is 51.9 Å². The van der Waals surface area contributed by atoms with Crippen LogP contribution in [-0.2, 0) is 0 Å². The van der Waals surface area contributed by atoms with Crippen molar-refractivity contribution >= 4 is 18.5 Å². The van der Waals surface area contributed by atoms with E-state index in [1.165, 1.54) is 25.9 Å². The van der Waals surface area contributed by atoms with Crippen molar-refractivity contribution < 1.29 is 0 Å². The molecular weight excluding hydrogens is 190 g/mol. The first kappa shape index (κ1) is 13.4. The van der Waals surface area contributed by atoms with Gasteiger partial charge < -0.3 is 4.57 Å². The Bertz CT molecular complexity index is 113. The molecule has 0 saturated heterocycles. The highest BCUT2D eigenvalue weighted by atomic mass is 28.3. The van der Waals surface area contributed by atoms with Gasteiger partial charge in [0.2, 0.25) is 0 Å². The van der Waals surface area contributed by atoms with Crippen molar-refractivity contribution in [3.8, 4) is 0 Å². The fourth-order valence-corrected chi connectivity index (χ4v) is 5.41. The molecule has 0 aliphatic heterocycles. The molecule has 0 N–H and O–H groups in total. The lowest BCUT2D eigenvalue weighted by Crippen LogP contribution is -2.42. The first-order chi connectivity index (χ1) is 6.17. The van der Waals surface area contributed by atoms with Gasteiger partial charge in [-0.15, -0.1) is 0 Å². The van der Waals surface area contributed by atoms with Crippen LogP contribution in [0.1, 0.15) is 33.6 Å². The normalized spacial score (nSPS) is 14.1. The highest BCUT2D eigenvalue weighted by molar-refractivity contribution is 6.68. The Hall–Kier alpha value is 0.394. The van der Waals surface area contributed by atoms with Crippen LogP contribution in [0, 0.1) is 0 Å². The molecule has 77 valence electrons. The predicted molar refractivity (Wildman–Crippen MR) is 64.8 cm³/mol. The molecule has 1 atom stereocenters. The van der Waals surface area contributed by atoms with Crippen LogP contribution in [0.15, 0.2) is 0 Å². The molecule has 0 aromatic heterocycles. The van der Waals surface area contributed by atoms with E-state index in [1.807, 2.05) is 0 Å². The van der Waals surface area contributed by atoms with E-state index in [4.69, 9.17) is 0 Å². The predicted octanol–water partition coefficient (Wildman–Crippen LogP) is 2.83. The van der Waals surface area contributed by atoms with E-state index >= 15 is 0 Å². The SMILES string of the molecule is CCCN(CCC)[Si](C)C(C)[Si]C. The molecule has 0 saturated carbocycles. The van der Waals surface area contributed by atoms with E-state index in [9.17, 15) is 0 Å². The molecule has 1 nitrogen and oxygen atoms in total. The smallest absolute Gasteiger partial charge is 0.132 e. The Kier molecular flexibility index (Phi) is 8.00. The van der Waals surface area contributed by atoms with Gasteiger partial charge in [0.15, 0.2) is 0 Å². The Morgan fingerprint density at radius 3 is 2.00 bits per heavy atom. The summed E-state index contributed by atoms with van der Waals surface area (Å²) in [7, 11) is 0.881.